The Morgan fingerprint density at radius 1 is 1.22 bits per heavy atom. The summed E-state index contributed by atoms with van der Waals surface area (Å²) < 4.78 is 12.4. The second kappa shape index (κ2) is 7.66. The van der Waals surface area contributed by atoms with Gasteiger partial charge in [0.2, 0.25) is 0 Å². The van der Waals surface area contributed by atoms with Crippen molar-refractivity contribution in [3.63, 3.8) is 0 Å². The van der Waals surface area contributed by atoms with E-state index < -0.39 is 0 Å². The second-order valence-electron chi connectivity index (χ2n) is 6.82. The molecule has 0 spiro atoms. The Balaban J connectivity index is 1.42. The van der Waals surface area contributed by atoms with Crippen LogP contribution in [0.2, 0.25) is 0 Å². The number of amides is 1. The van der Waals surface area contributed by atoms with E-state index in [-0.39, 0.29) is 12.0 Å². The number of anilines is 1. The van der Waals surface area contributed by atoms with Crippen molar-refractivity contribution in [2.75, 3.05) is 18.5 Å². The number of hydrogen-bond acceptors (Lipinski definition) is 5. The Bertz CT molecular complexity index is 920. The number of ether oxygens (including phenoxy) is 2. The van der Waals surface area contributed by atoms with E-state index >= 15 is 0 Å². The van der Waals surface area contributed by atoms with Crippen molar-refractivity contribution in [3.8, 4) is 5.75 Å². The summed E-state index contributed by atoms with van der Waals surface area (Å²) in [4.78, 5) is 17.1. The van der Waals surface area contributed by atoms with Crippen molar-refractivity contribution < 1.29 is 14.3 Å². The molecule has 4 rings (SSSR count). The van der Waals surface area contributed by atoms with Crippen LogP contribution >= 0.6 is 11.3 Å². The van der Waals surface area contributed by atoms with E-state index in [2.05, 4.69) is 29.4 Å². The lowest BCUT2D eigenvalue weighted by Crippen LogP contribution is -2.16. The fourth-order valence-corrected chi connectivity index (χ4v) is 4.16. The molecule has 140 valence electrons. The van der Waals surface area contributed by atoms with Gasteiger partial charge in [-0.1, -0.05) is 23.5 Å². The zero-order valence-electron chi connectivity index (χ0n) is 15.5. The molecule has 2 aromatic carbocycles. The predicted molar refractivity (Wildman–Crippen MR) is 108 cm³/mol. The van der Waals surface area contributed by atoms with Gasteiger partial charge in [-0.15, -0.1) is 0 Å². The number of nitrogens with one attached hydrogen (secondary N) is 1. The lowest BCUT2D eigenvalue weighted by Gasteiger charge is -2.11. The molecule has 3 aromatic rings. The number of fused-ring (bicyclic) bond motifs is 1. The standard InChI is InChI=1S/C21H22N2O3S/c1-13-5-6-14(2)19-18(13)22-21(27-19)23-20(24)15-7-9-16(10-8-15)26-12-17-4-3-11-25-17/h5-10,17H,3-4,11-12H2,1-2H3,(H,22,23,24). The van der Waals surface area contributed by atoms with Gasteiger partial charge >= 0.3 is 0 Å². The van der Waals surface area contributed by atoms with E-state index in [0.29, 0.717) is 17.3 Å². The molecule has 1 atom stereocenters. The number of aryl methyl sites for hydroxylation is 2. The molecule has 0 aliphatic carbocycles. The van der Waals surface area contributed by atoms with Crippen LogP contribution in [-0.2, 0) is 4.74 Å². The molecule has 2 heterocycles. The number of thiazole rings is 1. The summed E-state index contributed by atoms with van der Waals surface area (Å²) in [5.74, 6) is 0.573. The molecule has 0 radical (unpaired) electrons. The van der Waals surface area contributed by atoms with Gasteiger partial charge in [-0.2, -0.15) is 0 Å². The van der Waals surface area contributed by atoms with Gasteiger partial charge in [0.1, 0.15) is 12.4 Å². The maximum absolute atomic E-state index is 12.5. The first-order valence-electron chi connectivity index (χ1n) is 9.13. The molecule has 1 saturated heterocycles. The normalized spacial score (nSPS) is 16.6. The zero-order chi connectivity index (χ0) is 18.8. The van der Waals surface area contributed by atoms with Crippen LogP contribution in [0.15, 0.2) is 36.4 Å². The van der Waals surface area contributed by atoms with E-state index in [1.807, 2.05) is 19.1 Å². The molecule has 1 fully saturated rings. The van der Waals surface area contributed by atoms with Crippen LogP contribution < -0.4 is 10.1 Å². The van der Waals surface area contributed by atoms with Crippen molar-refractivity contribution in [1.82, 2.24) is 4.98 Å². The minimum absolute atomic E-state index is 0.171. The number of benzene rings is 2. The van der Waals surface area contributed by atoms with Gasteiger partial charge in [0, 0.05) is 12.2 Å². The number of carbonyl (C=O) groups is 1. The summed E-state index contributed by atoms with van der Waals surface area (Å²) in [6.07, 6.45) is 2.32. The summed E-state index contributed by atoms with van der Waals surface area (Å²) in [5, 5.41) is 3.52. The molecular formula is C21H22N2O3S. The van der Waals surface area contributed by atoms with Crippen molar-refractivity contribution in [2.45, 2.75) is 32.8 Å². The summed E-state index contributed by atoms with van der Waals surface area (Å²) >= 11 is 1.50. The van der Waals surface area contributed by atoms with Crippen LogP contribution in [-0.4, -0.2) is 30.2 Å². The van der Waals surface area contributed by atoms with Gasteiger partial charge in [-0.25, -0.2) is 4.98 Å². The second-order valence-corrected chi connectivity index (χ2v) is 7.82. The molecule has 27 heavy (non-hydrogen) atoms. The van der Waals surface area contributed by atoms with Gasteiger partial charge in [-0.3, -0.25) is 10.1 Å². The van der Waals surface area contributed by atoms with E-state index in [0.717, 1.165) is 41.0 Å². The molecule has 1 N–H and O–H groups in total. The van der Waals surface area contributed by atoms with Crippen LogP contribution in [0.3, 0.4) is 0 Å². The predicted octanol–water partition coefficient (Wildman–Crippen LogP) is 4.72. The van der Waals surface area contributed by atoms with E-state index in [4.69, 9.17) is 9.47 Å². The zero-order valence-corrected chi connectivity index (χ0v) is 16.3. The van der Waals surface area contributed by atoms with Crippen LogP contribution in [0.25, 0.3) is 10.2 Å². The van der Waals surface area contributed by atoms with Crippen LogP contribution in [0.4, 0.5) is 5.13 Å². The number of nitrogens with zero attached hydrogens (tertiary/aromatic N) is 1. The van der Waals surface area contributed by atoms with Crippen LogP contribution in [0.1, 0.15) is 34.3 Å². The molecule has 5 nitrogen and oxygen atoms in total. The lowest BCUT2D eigenvalue weighted by molar-refractivity contribution is 0.0679. The third kappa shape index (κ3) is 3.96. The third-order valence-corrected chi connectivity index (χ3v) is 5.85. The molecular weight excluding hydrogens is 360 g/mol. The summed E-state index contributed by atoms with van der Waals surface area (Å²) in [7, 11) is 0. The topological polar surface area (TPSA) is 60.5 Å². The Morgan fingerprint density at radius 2 is 2.00 bits per heavy atom. The Labute approximate surface area is 162 Å². The average Bonchev–Trinajstić information content (AvgIpc) is 3.34. The van der Waals surface area contributed by atoms with Gasteiger partial charge in [0.25, 0.3) is 5.91 Å². The van der Waals surface area contributed by atoms with Crippen molar-refractivity contribution in [2.24, 2.45) is 0 Å². The SMILES string of the molecule is Cc1ccc(C)c2sc(NC(=O)c3ccc(OCC4CCCO4)cc3)nc12. The minimum atomic E-state index is -0.171. The largest absolute Gasteiger partial charge is 0.491 e. The highest BCUT2D eigenvalue weighted by molar-refractivity contribution is 7.22. The van der Waals surface area contributed by atoms with Crippen molar-refractivity contribution in [1.29, 1.82) is 0 Å². The highest BCUT2D eigenvalue weighted by Gasteiger charge is 2.16. The van der Waals surface area contributed by atoms with Gasteiger partial charge in [0.15, 0.2) is 5.13 Å². The molecule has 1 aliphatic rings. The Kier molecular flexibility index (Phi) is 5.09. The summed E-state index contributed by atoms with van der Waals surface area (Å²) in [6, 6.07) is 11.3. The monoisotopic (exact) mass is 382 g/mol. The highest BCUT2D eigenvalue weighted by atomic mass is 32.1. The maximum Gasteiger partial charge on any atom is 0.257 e. The third-order valence-electron chi connectivity index (χ3n) is 4.74. The van der Waals surface area contributed by atoms with Gasteiger partial charge in [0.05, 0.1) is 16.3 Å². The number of aromatic nitrogens is 1. The molecule has 1 aliphatic heterocycles. The molecule has 0 saturated carbocycles. The van der Waals surface area contributed by atoms with Crippen molar-refractivity contribution >= 4 is 32.6 Å². The molecule has 1 unspecified atom stereocenters. The van der Waals surface area contributed by atoms with Gasteiger partial charge in [-0.05, 0) is 62.1 Å². The van der Waals surface area contributed by atoms with E-state index in [1.54, 1.807) is 12.1 Å². The minimum Gasteiger partial charge on any atom is -0.491 e. The van der Waals surface area contributed by atoms with Crippen LogP contribution in [0.5, 0.6) is 5.75 Å². The quantitative estimate of drug-likeness (QED) is 0.693. The fraction of sp³-hybridized carbons (Fsp3) is 0.333. The summed E-state index contributed by atoms with van der Waals surface area (Å²) in [5.41, 5.74) is 3.81. The number of hydrogen-bond donors (Lipinski definition) is 1. The molecule has 0 bridgehead atoms. The van der Waals surface area contributed by atoms with E-state index in [9.17, 15) is 4.79 Å². The van der Waals surface area contributed by atoms with Gasteiger partial charge < -0.3 is 9.47 Å². The maximum atomic E-state index is 12.5. The Hall–Kier alpha value is -2.44. The lowest BCUT2D eigenvalue weighted by atomic mass is 10.1. The number of carbonyl (C=O) groups excluding carboxylic acids is 1. The first-order valence-corrected chi connectivity index (χ1v) is 9.94. The average molecular weight is 382 g/mol. The number of rotatable bonds is 5. The van der Waals surface area contributed by atoms with Crippen LogP contribution in [0, 0.1) is 13.8 Å². The molecule has 1 amide bonds. The first kappa shape index (κ1) is 17.9. The Morgan fingerprint density at radius 3 is 2.70 bits per heavy atom. The highest BCUT2D eigenvalue weighted by Crippen LogP contribution is 2.31. The fourth-order valence-electron chi connectivity index (χ4n) is 3.15. The molecule has 6 heteroatoms. The molecule has 1 aromatic heterocycles. The smallest absolute Gasteiger partial charge is 0.257 e. The first-order chi connectivity index (χ1) is 13.1. The summed E-state index contributed by atoms with van der Waals surface area (Å²) in [6.45, 7) is 5.46. The van der Waals surface area contributed by atoms with Crippen molar-refractivity contribution in [3.05, 3.63) is 53.1 Å². The van der Waals surface area contributed by atoms with E-state index in [1.165, 1.54) is 16.9 Å².